The van der Waals surface area contributed by atoms with Crippen LogP contribution in [0.15, 0.2) is 60.7 Å². The maximum Gasteiger partial charge on any atom is 0.343 e. The van der Waals surface area contributed by atoms with Crippen molar-refractivity contribution in [2.75, 3.05) is 24.6 Å². The van der Waals surface area contributed by atoms with Crippen LogP contribution in [-0.2, 0) is 15.1 Å². The van der Waals surface area contributed by atoms with Crippen LogP contribution in [0.25, 0.3) is 0 Å². The monoisotopic (exact) mass is 421 g/mol. The maximum absolute atomic E-state index is 13.0. The van der Waals surface area contributed by atoms with Crippen LogP contribution >= 0.6 is 0 Å². The molecular weight excluding hydrogens is 386 g/mol. The summed E-state index contributed by atoms with van der Waals surface area (Å²) in [6.07, 6.45) is 8.17. The van der Waals surface area contributed by atoms with E-state index in [9.17, 15) is 9.90 Å². The molecule has 166 valence electrons. The third kappa shape index (κ3) is 5.12. The van der Waals surface area contributed by atoms with Gasteiger partial charge in [-0.15, -0.1) is 0 Å². The minimum absolute atomic E-state index is 0.0512. The zero-order chi connectivity index (χ0) is 21.5. The van der Waals surface area contributed by atoms with Gasteiger partial charge < -0.3 is 14.7 Å². The number of nitrogens with zero attached hydrogens (tertiary/aromatic N) is 1. The van der Waals surface area contributed by atoms with Crippen LogP contribution in [0, 0.1) is 11.8 Å². The molecule has 0 aromatic heterocycles. The van der Waals surface area contributed by atoms with Gasteiger partial charge in [0.05, 0.1) is 6.61 Å². The SMILES string of the molecule is O=C(OCCCC1CCN(c2ccccc2)CC1)C(O)(c1ccccc1)C1CCCC1. The summed E-state index contributed by atoms with van der Waals surface area (Å²) in [5.41, 5.74) is 0.459. The van der Waals surface area contributed by atoms with Crippen LogP contribution in [0.1, 0.15) is 56.9 Å². The molecule has 1 unspecified atom stereocenters. The van der Waals surface area contributed by atoms with E-state index in [0.717, 1.165) is 51.6 Å². The van der Waals surface area contributed by atoms with Crippen molar-refractivity contribution in [2.24, 2.45) is 11.8 Å². The average Bonchev–Trinajstić information content (AvgIpc) is 3.38. The van der Waals surface area contributed by atoms with Crippen LogP contribution in [-0.4, -0.2) is 30.8 Å². The van der Waals surface area contributed by atoms with E-state index in [1.54, 1.807) is 0 Å². The lowest BCUT2D eigenvalue weighted by molar-refractivity contribution is -0.174. The molecule has 1 atom stereocenters. The Hall–Kier alpha value is -2.33. The van der Waals surface area contributed by atoms with Crippen molar-refractivity contribution in [2.45, 2.75) is 57.0 Å². The number of esters is 1. The summed E-state index contributed by atoms with van der Waals surface area (Å²) in [4.78, 5) is 15.5. The minimum Gasteiger partial charge on any atom is -0.463 e. The van der Waals surface area contributed by atoms with Crippen LogP contribution in [0.3, 0.4) is 0 Å². The normalized spacial score (nSPS) is 19.8. The first-order chi connectivity index (χ1) is 15.2. The second kappa shape index (κ2) is 10.3. The Kier molecular flexibility index (Phi) is 7.29. The first-order valence-electron chi connectivity index (χ1n) is 11.9. The molecule has 0 radical (unpaired) electrons. The predicted molar refractivity (Wildman–Crippen MR) is 124 cm³/mol. The van der Waals surface area contributed by atoms with Crippen molar-refractivity contribution in [3.05, 3.63) is 66.2 Å². The lowest BCUT2D eigenvalue weighted by Gasteiger charge is -2.34. The van der Waals surface area contributed by atoms with Crippen molar-refractivity contribution < 1.29 is 14.6 Å². The van der Waals surface area contributed by atoms with Crippen LogP contribution < -0.4 is 4.90 Å². The standard InChI is InChI=1S/C27H35NO3/c29-26(27(30,24-13-7-8-14-24)23-11-3-1-4-12-23)31-21-9-10-22-17-19-28(20-18-22)25-15-5-2-6-16-25/h1-6,11-12,15-16,22,24,30H,7-10,13-14,17-21H2. The Morgan fingerprint density at radius 2 is 1.55 bits per heavy atom. The predicted octanol–water partition coefficient (Wildman–Crippen LogP) is 5.30. The summed E-state index contributed by atoms with van der Waals surface area (Å²) < 4.78 is 5.66. The van der Waals surface area contributed by atoms with E-state index in [2.05, 4.69) is 35.2 Å². The third-order valence-corrected chi connectivity index (χ3v) is 7.20. The molecule has 1 aliphatic carbocycles. The first-order valence-corrected chi connectivity index (χ1v) is 11.9. The van der Waals surface area contributed by atoms with Gasteiger partial charge in [0, 0.05) is 24.7 Å². The molecule has 2 aliphatic rings. The number of carbonyl (C=O) groups is 1. The molecule has 2 aromatic rings. The molecule has 4 nitrogen and oxygen atoms in total. The summed E-state index contributed by atoms with van der Waals surface area (Å²) in [6, 6.07) is 20.0. The van der Waals surface area contributed by atoms with E-state index in [4.69, 9.17) is 4.74 Å². The number of piperidine rings is 1. The number of ether oxygens (including phenoxy) is 1. The lowest BCUT2D eigenvalue weighted by Crippen LogP contribution is -2.43. The highest BCUT2D eigenvalue weighted by atomic mass is 16.5. The van der Waals surface area contributed by atoms with Gasteiger partial charge in [0.1, 0.15) is 0 Å². The molecule has 0 spiro atoms. The van der Waals surface area contributed by atoms with E-state index in [0.29, 0.717) is 18.1 Å². The van der Waals surface area contributed by atoms with Crippen molar-refractivity contribution >= 4 is 11.7 Å². The van der Waals surface area contributed by atoms with Crippen LogP contribution in [0.4, 0.5) is 5.69 Å². The van der Waals surface area contributed by atoms with Crippen molar-refractivity contribution in [3.63, 3.8) is 0 Å². The molecule has 0 amide bonds. The molecule has 1 heterocycles. The minimum atomic E-state index is -1.52. The van der Waals surface area contributed by atoms with E-state index in [1.807, 2.05) is 30.3 Å². The number of hydrogen-bond donors (Lipinski definition) is 1. The number of aliphatic hydroxyl groups is 1. The Balaban J connectivity index is 1.25. The summed E-state index contributed by atoms with van der Waals surface area (Å²) in [5.74, 6) is 0.163. The van der Waals surface area contributed by atoms with E-state index in [-0.39, 0.29) is 5.92 Å². The van der Waals surface area contributed by atoms with Gasteiger partial charge in [-0.05, 0) is 62.1 Å². The highest BCUT2D eigenvalue weighted by Crippen LogP contribution is 2.41. The van der Waals surface area contributed by atoms with Gasteiger partial charge >= 0.3 is 5.97 Å². The van der Waals surface area contributed by atoms with Gasteiger partial charge in [0.2, 0.25) is 0 Å². The molecule has 4 rings (SSSR count). The number of hydrogen-bond acceptors (Lipinski definition) is 4. The van der Waals surface area contributed by atoms with Gasteiger partial charge in [-0.1, -0.05) is 61.4 Å². The number of benzene rings is 2. The zero-order valence-electron chi connectivity index (χ0n) is 18.4. The number of carbonyl (C=O) groups excluding carboxylic acids is 1. The Morgan fingerprint density at radius 3 is 2.19 bits per heavy atom. The van der Waals surface area contributed by atoms with Crippen molar-refractivity contribution in [3.8, 4) is 0 Å². The zero-order valence-corrected chi connectivity index (χ0v) is 18.4. The molecule has 1 saturated carbocycles. The molecule has 31 heavy (non-hydrogen) atoms. The Bertz CT molecular complexity index is 811. The first kappa shape index (κ1) is 21.9. The fraction of sp³-hybridized carbons (Fsp3) is 0.519. The number of para-hydroxylation sites is 1. The fourth-order valence-electron chi connectivity index (χ4n) is 5.32. The quantitative estimate of drug-likeness (QED) is 0.464. The summed E-state index contributed by atoms with van der Waals surface area (Å²) in [6.45, 7) is 2.56. The lowest BCUT2D eigenvalue weighted by atomic mass is 9.80. The molecule has 1 saturated heterocycles. The van der Waals surface area contributed by atoms with E-state index in [1.165, 1.54) is 18.5 Å². The molecule has 1 aliphatic heterocycles. The van der Waals surface area contributed by atoms with Gasteiger partial charge in [0.15, 0.2) is 5.60 Å². The van der Waals surface area contributed by atoms with Gasteiger partial charge in [-0.2, -0.15) is 0 Å². The van der Waals surface area contributed by atoms with Crippen molar-refractivity contribution in [1.29, 1.82) is 0 Å². The third-order valence-electron chi connectivity index (χ3n) is 7.20. The van der Waals surface area contributed by atoms with E-state index >= 15 is 0 Å². The van der Waals surface area contributed by atoms with Crippen molar-refractivity contribution in [1.82, 2.24) is 0 Å². The Labute approximate surface area is 186 Å². The van der Waals surface area contributed by atoms with E-state index < -0.39 is 11.6 Å². The molecule has 2 aromatic carbocycles. The van der Waals surface area contributed by atoms with Gasteiger partial charge in [-0.25, -0.2) is 4.79 Å². The van der Waals surface area contributed by atoms with Gasteiger partial charge in [0.25, 0.3) is 0 Å². The summed E-state index contributed by atoms with van der Waals surface area (Å²) in [7, 11) is 0. The second-order valence-corrected chi connectivity index (χ2v) is 9.16. The number of rotatable bonds is 8. The topological polar surface area (TPSA) is 49.8 Å². The Morgan fingerprint density at radius 1 is 0.935 bits per heavy atom. The molecule has 4 heteroatoms. The highest BCUT2D eigenvalue weighted by molar-refractivity contribution is 5.81. The maximum atomic E-state index is 13.0. The fourth-order valence-corrected chi connectivity index (χ4v) is 5.32. The molecule has 1 N–H and O–H groups in total. The summed E-state index contributed by atoms with van der Waals surface area (Å²) >= 11 is 0. The average molecular weight is 422 g/mol. The summed E-state index contributed by atoms with van der Waals surface area (Å²) in [5, 5.41) is 11.5. The van der Waals surface area contributed by atoms with Gasteiger partial charge in [-0.3, -0.25) is 0 Å². The molecule has 2 fully saturated rings. The smallest absolute Gasteiger partial charge is 0.343 e. The molecule has 0 bridgehead atoms. The number of anilines is 1. The largest absolute Gasteiger partial charge is 0.463 e. The van der Waals surface area contributed by atoms with Crippen LogP contribution in [0.5, 0.6) is 0 Å². The second-order valence-electron chi connectivity index (χ2n) is 9.16. The van der Waals surface area contributed by atoms with Crippen LogP contribution in [0.2, 0.25) is 0 Å². The molecular formula is C27H35NO3. The highest BCUT2D eigenvalue weighted by Gasteiger charge is 2.47.